The number of aryl methyl sites for hydroxylation is 1. The Labute approximate surface area is 98.1 Å². The normalized spacial score (nSPS) is 10.1. The van der Waals surface area contributed by atoms with E-state index in [0.717, 1.165) is 16.3 Å². The molecule has 0 aromatic heterocycles. The molecule has 0 radical (unpaired) electrons. The van der Waals surface area contributed by atoms with Crippen molar-refractivity contribution in [2.24, 2.45) is 0 Å². The van der Waals surface area contributed by atoms with E-state index in [-0.39, 0.29) is 0 Å². The third-order valence-electron chi connectivity index (χ3n) is 2.65. The highest BCUT2D eigenvalue weighted by molar-refractivity contribution is 6.68. The lowest BCUT2D eigenvalue weighted by atomic mass is 9.96. The van der Waals surface area contributed by atoms with Gasteiger partial charge >= 0.3 is 0 Å². The summed E-state index contributed by atoms with van der Waals surface area (Å²) in [5.74, 6) is 0. The van der Waals surface area contributed by atoms with E-state index in [0.29, 0.717) is 11.1 Å². The minimum atomic E-state index is -0.535. The Morgan fingerprint density at radius 3 is 2.50 bits per heavy atom. The molecule has 0 saturated carbocycles. The molecule has 0 amide bonds. The van der Waals surface area contributed by atoms with Crippen molar-refractivity contribution in [1.82, 2.24) is 0 Å². The summed E-state index contributed by atoms with van der Waals surface area (Å²) >= 11 is 5.52. The van der Waals surface area contributed by atoms with E-state index in [1.807, 2.05) is 31.2 Å². The van der Waals surface area contributed by atoms with Crippen molar-refractivity contribution >= 4 is 27.6 Å². The molecule has 3 heteroatoms. The summed E-state index contributed by atoms with van der Waals surface area (Å²) in [7, 11) is 0. The Morgan fingerprint density at radius 1 is 1.31 bits per heavy atom. The molecule has 2 aromatic rings. The van der Waals surface area contributed by atoms with Gasteiger partial charge in [0.15, 0.2) is 0 Å². The molecule has 0 atom stereocenters. The van der Waals surface area contributed by atoms with Gasteiger partial charge < -0.3 is 0 Å². The third kappa shape index (κ3) is 1.56. The monoisotopic (exact) mass is 229 g/mol. The van der Waals surface area contributed by atoms with Gasteiger partial charge in [0, 0.05) is 5.56 Å². The maximum Gasteiger partial charge on any atom is 0.253 e. The van der Waals surface area contributed by atoms with Gasteiger partial charge in [-0.1, -0.05) is 24.3 Å². The molecular weight excluding hydrogens is 222 g/mol. The van der Waals surface area contributed by atoms with E-state index in [1.165, 1.54) is 0 Å². The fourth-order valence-corrected chi connectivity index (χ4v) is 1.96. The topological polar surface area (TPSA) is 40.9 Å². The molecule has 16 heavy (non-hydrogen) atoms. The Balaban J connectivity index is 2.97. The van der Waals surface area contributed by atoms with Crippen molar-refractivity contribution < 1.29 is 4.79 Å². The summed E-state index contributed by atoms with van der Waals surface area (Å²) in [5.41, 5.74) is 1.75. The van der Waals surface area contributed by atoms with E-state index in [1.54, 1.807) is 6.07 Å². The highest BCUT2D eigenvalue weighted by Gasteiger charge is 2.12. The van der Waals surface area contributed by atoms with Crippen LogP contribution in [0.25, 0.3) is 10.8 Å². The molecule has 2 nitrogen and oxygen atoms in total. The number of halogens is 1. The quantitative estimate of drug-likeness (QED) is 0.704. The number of nitrogens with zero attached hydrogens (tertiary/aromatic N) is 1. The fraction of sp³-hybridized carbons (Fsp3) is 0.0769. The van der Waals surface area contributed by atoms with Crippen LogP contribution >= 0.6 is 11.6 Å². The van der Waals surface area contributed by atoms with Crippen molar-refractivity contribution in [2.45, 2.75) is 6.92 Å². The highest BCUT2D eigenvalue weighted by atomic mass is 35.5. The molecule has 0 fully saturated rings. The number of carbonyl (C=O) groups excluding carboxylic acids is 1. The van der Waals surface area contributed by atoms with Crippen LogP contribution in [-0.2, 0) is 0 Å². The average Bonchev–Trinajstić information content (AvgIpc) is 2.29. The van der Waals surface area contributed by atoms with Gasteiger partial charge in [0.2, 0.25) is 0 Å². The van der Waals surface area contributed by atoms with Crippen LogP contribution in [0.15, 0.2) is 30.3 Å². The van der Waals surface area contributed by atoms with Gasteiger partial charge in [-0.15, -0.1) is 0 Å². The zero-order valence-electron chi connectivity index (χ0n) is 8.62. The molecule has 0 bridgehead atoms. The van der Waals surface area contributed by atoms with E-state index in [9.17, 15) is 4.79 Å². The lowest BCUT2D eigenvalue weighted by molar-refractivity contribution is 0.108. The van der Waals surface area contributed by atoms with Gasteiger partial charge in [-0.3, -0.25) is 4.79 Å². The first kappa shape index (κ1) is 10.7. The minimum absolute atomic E-state index is 0.388. The first-order valence-corrected chi connectivity index (χ1v) is 5.15. The number of nitriles is 1. The van der Waals surface area contributed by atoms with Crippen LogP contribution in [0.3, 0.4) is 0 Å². The highest BCUT2D eigenvalue weighted by Crippen LogP contribution is 2.26. The number of hydrogen-bond acceptors (Lipinski definition) is 2. The second-order valence-electron chi connectivity index (χ2n) is 3.53. The van der Waals surface area contributed by atoms with Crippen LogP contribution in [0, 0.1) is 18.3 Å². The average molecular weight is 230 g/mol. The van der Waals surface area contributed by atoms with Crippen LogP contribution in [0.1, 0.15) is 21.5 Å². The zero-order valence-corrected chi connectivity index (χ0v) is 9.38. The van der Waals surface area contributed by atoms with Gasteiger partial charge in [-0.25, -0.2) is 0 Å². The molecule has 0 aliphatic rings. The summed E-state index contributed by atoms with van der Waals surface area (Å²) in [6.45, 7) is 1.86. The van der Waals surface area contributed by atoms with E-state index in [4.69, 9.17) is 16.9 Å². The predicted molar refractivity (Wildman–Crippen MR) is 63.6 cm³/mol. The standard InChI is InChI=1S/C13H8ClNO/c1-8-9(7-15)6-12(13(14)16)11-5-3-2-4-10(8)11/h2-6H,1H3. The molecule has 0 aliphatic carbocycles. The van der Waals surface area contributed by atoms with Crippen molar-refractivity contribution in [3.63, 3.8) is 0 Å². The fourth-order valence-electron chi connectivity index (χ4n) is 1.80. The van der Waals surface area contributed by atoms with E-state index in [2.05, 4.69) is 6.07 Å². The summed E-state index contributed by atoms with van der Waals surface area (Å²) in [6.07, 6.45) is 0. The number of rotatable bonds is 1. The molecule has 0 N–H and O–H groups in total. The Hall–Kier alpha value is -1.85. The van der Waals surface area contributed by atoms with Gasteiger partial charge in [0.1, 0.15) is 0 Å². The molecular formula is C13H8ClNO. The molecule has 0 spiro atoms. The van der Waals surface area contributed by atoms with Crippen molar-refractivity contribution in [2.75, 3.05) is 0 Å². The minimum Gasteiger partial charge on any atom is -0.276 e. The molecule has 0 unspecified atom stereocenters. The number of benzene rings is 2. The molecule has 78 valence electrons. The largest absolute Gasteiger partial charge is 0.276 e. The molecule has 0 heterocycles. The van der Waals surface area contributed by atoms with Crippen LogP contribution in [0.4, 0.5) is 0 Å². The second-order valence-corrected chi connectivity index (χ2v) is 3.87. The van der Waals surface area contributed by atoms with Gasteiger partial charge in [-0.05, 0) is 40.9 Å². The lowest BCUT2D eigenvalue weighted by Gasteiger charge is -2.07. The smallest absolute Gasteiger partial charge is 0.253 e. The second kappa shape index (κ2) is 3.96. The van der Waals surface area contributed by atoms with Crippen LogP contribution < -0.4 is 0 Å². The van der Waals surface area contributed by atoms with Gasteiger partial charge in [0.25, 0.3) is 5.24 Å². The molecule has 0 aliphatic heterocycles. The Bertz CT molecular complexity index is 626. The van der Waals surface area contributed by atoms with Crippen LogP contribution in [0.5, 0.6) is 0 Å². The van der Waals surface area contributed by atoms with E-state index >= 15 is 0 Å². The Kier molecular flexibility index (Phi) is 2.64. The zero-order chi connectivity index (χ0) is 11.7. The first-order chi connectivity index (χ1) is 7.65. The summed E-state index contributed by atoms with van der Waals surface area (Å²) in [5, 5.41) is 10.1. The van der Waals surface area contributed by atoms with Crippen molar-refractivity contribution in [1.29, 1.82) is 5.26 Å². The molecule has 0 saturated heterocycles. The summed E-state index contributed by atoms with van der Waals surface area (Å²) < 4.78 is 0. The van der Waals surface area contributed by atoms with Crippen LogP contribution in [-0.4, -0.2) is 5.24 Å². The Morgan fingerprint density at radius 2 is 1.94 bits per heavy atom. The third-order valence-corrected chi connectivity index (χ3v) is 2.85. The lowest BCUT2D eigenvalue weighted by Crippen LogP contribution is -1.95. The first-order valence-electron chi connectivity index (χ1n) is 4.77. The number of hydrogen-bond donors (Lipinski definition) is 0. The van der Waals surface area contributed by atoms with Gasteiger partial charge in [-0.2, -0.15) is 5.26 Å². The number of fused-ring (bicyclic) bond motifs is 1. The predicted octanol–water partition coefficient (Wildman–Crippen LogP) is 3.40. The van der Waals surface area contributed by atoms with Crippen molar-refractivity contribution in [3.05, 3.63) is 47.0 Å². The maximum atomic E-state index is 11.3. The molecule has 2 aromatic carbocycles. The SMILES string of the molecule is Cc1c(C#N)cc(C(=O)Cl)c2ccccc12. The maximum absolute atomic E-state index is 11.3. The molecule has 2 rings (SSSR count). The van der Waals surface area contributed by atoms with Crippen LogP contribution in [0.2, 0.25) is 0 Å². The van der Waals surface area contributed by atoms with Crippen molar-refractivity contribution in [3.8, 4) is 6.07 Å². The number of carbonyl (C=O) groups is 1. The van der Waals surface area contributed by atoms with Gasteiger partial charge in [0.05, 0.1) is 11.6 Å². The van der Waals surface area contributed by atoms with E-state index < -0.39 is 5.24 Å². The summed E-state index contributed by atoms with van der Waals surface area (Å²) in [4.78, 5) is 11.3. The summed E-state index contributed by atoms with van der Waals surface area (Å²) in [6, 6.07) is 11.1.